The summed E-state index contributed by atoms with van der Waals surface area (Å²) in [5.74, 6) is 0. The van der Waals surface area contributed by atoms with Crippen LogP contribution in [0.25, 0.3) is 0 Å². The molecule has 0 unspecified atom stereocenters. The molecule has 3 heteroatoms. The number of halogens is 1. The van der Waals surface area contributed by atoms with E-state index in [2.05, 4.69) is 32.9 Å². The van der Waals surface area contributed by atoms with Gasteiger partial charge in [-0.2, -0.15) is 0 Å². The molecule has 0 spiro atoms. The molecule has 1 rings (SSSR count). The molecule has 0 saturated heterocycles. The molecule has 0 aliphatic rings. The van der Waals surface area contributed by atoms with Crippen LogP contribution in [-0.2, 0) is 0 Å². The van der Waals surface area contributed by atoms with Crippen molar-refractivity contribution in [2.75, 3.05) is 12.4 Å². The lowest BCUT2D eigenvalue weighted by atomic mass is 10.3. The molecule has 2 nitrogen and oxygen atoms in total. The Morgan fingerprint density at radius 1 is 1.60 bits per heavy atom. The number of rotatable bonds is 1. The largest absolute Gasteiger partial charge is 0.388 e. The van der Waals surface area contributed by atoms with Gasteiger partial charge < -0.3 is 5.32 Å². The molecule has 1 heterocycles. The van der Waals surface area contributed by atoms with Gasteiger partial charge >= 0.3 is 0 Å². The lowest BCUT2D eigenvalue weighted by Gasteiger charge is -2.02. The molecule has 54 valence electrons. The Balaban J connectivity index is 3.09. The van der Waals surface area contributed by atoms with E-state index >= 15 is 0 Å². The standard InChI is InChI=1S/C7H9IN2/c1-5-4-10-7(8)3-6(5)9-2/h3-4H,1-2H3,(H,9,10). The number of aromatic nitrogens is 1. The predicted molar refractivity (Wildman–Crippen MR) is 51.2 cm³/mol. The van der Waals surface area contributed by atoms with E-state index in [0.717, 1.165) is 9.39 Å². The van der Waals surface area contributed by atoms with Gasteiger partial charge in [-0.3, -0.25) is 0 Å². The fourth-order valence-corrected chi connectivity index (χ4v) is 1.22. The van der Waals surface area contributed by atoms with Crippen LogP contribution in [0.15, 0.2) is 12.3 Å². The zero-order chi connectivity index (χ0) is 7.56. The lowest BCUT2D eigenvalue weighted by Crippen LogP contribution is -1.93. The molecule has 0 saturated carbocycles. The zero-order valence-electron chi connectivity index (χ0n) is 5.98. The van der Waals surface area contributed by atoms with Crippen molar-refractivity contribution in [3.05, 3.63) is 21.5 Å². The molecule has 0 amide bonds. The SMILES string of the molecule is CNc1cc(I)ncc1C. The van der Waals surface area contributed by atoms with Gasteiger partial charge in [-0.15, -0.1) is 0 Å². The second-order valence-corrected chi connectivity index (χ2v) is 3.18. The van der Waals surface area contributed by atoms with Crippen LogP contribution in [-0.4, -0.2) is 12.0 Å². The molecule has 1 aromatic rings. The molecule has 0 aliphatic heterocycles. The van der Waals surface area contributed by atoms with Gasteiger partial charge in [-0.1, -0.05) is 0 Å². The fraction of sp³-hybridized carbons (Fsp3) is 0.286. The van der Waals surface area contributed by atoms with Crippen molar-refractivity contribution < 1.29 is 0 Å². The minimum atomic E-state index is 1.02. The van der Waals surface area contributed by atoms with E-state index in [9.17, 15) is 0 Å². The van der Waals surface area contributed by atoms with Gasteiger partial charge in [0.25, 0.3) is 0 Å². The van der Waals surface area contributed by atoms with Crippen molar-refractivity contribution in [3.8, 4) is 0 Å². The zero-order valence-corrected chi connectivity index (χ0v) is 8.14. The highest BCUT2D eigenvalue weighted by atomic mass is 127. The third-order valence-corrected chi connectivity index (χ3v) is 1.93. The third kappa shape index (κ3) is 1.59. The van der Waals surface area contributed by atoms with Crippen LogP contribution >= 0.6 is 22.6 Å². The average Bonchev–Trinajstić information content (AvgIpc) is 1.94. The Morgan fingerprint density at radius 3 is 2.80 bits per heavy atom. The van der Waals surface area contributed by atoms with Crippen molar-refractivity contribution in [2.24, 2.45) is 0 Å². The van der Waals surface area contributed by atoms with Gasteiger partial charge in [-0.05, 0) is 41.1 Å². The Bertz CT molecular complexity index is 235. The molecular formula is C7H9IN2. The highest BCUT2D eigenvalue weighted by molar-refractivity contribution is 14.1. The second-order valence-electron chi connectivity index (χ2n) is 2.07. The van der Waals surface area contributed by atoms with Crippen molar-refractivity contribution in [1.82, 2.24) is 4.98 Å². The molecule has 0 aromatic carbocycles. The number of nitrogens with zero attached hydrogens (tertiary/aromatic N) is 1. The average molecular weight is 248 g/mol. The van der Waals surface area contributed by atoms with Crippen molar-refractivity contribution >= 4 is 28.3 Å². The smallest absolute Gasteiger partial charge is 0.103 e. The Hall–Kier alpha value is -0.320. The van der Waals surface area contributed by atoms with Crippen LogP contribution < -0.4 is 5.32 Å². The predicted octanol–water partition coefficient (Wildman–Crippen LogP) is 2.04. The number of aryl methyl sites for hydroxylation is 1. The number of anilines is 1. The number of nitrogens with one attached hydrogen (secondary N) is 1. The van der Waals surface area contributed by atoms with E-state index in [1.807, 2.05) is 26.2 Å². The van der Waals surface area contributed by atoms with Gasteiger partial charge in [-0.25, -0.2) is 4.98 Å². The summed E-state index contributed by atoms with van der Waals surface area (Å²) in [6.07, 6.45) is 1.87. The maximum absolute atomic E-state index is 4.13. The molecule has 1 aromatic heterocycles. The molecule has 0 atom stereocenters. The van der Waals surface area contributed by atoms with Gasteiger partial charge in [0.05, 0.1) is 0 Å². The first-order chi connectivity index (χ1) is 4.74. The minimum absolute atomic E-state index is 1.02. The monoisotopic (exact) mass is 248 g/mol. The Kier molecular flexibility index (Phi) is 2.48. The summed E-state index contributed by atoms with van der Waals surface area (Å²) in [5.41, 5.74) is 2.34. The highest BCUT2D eigenvalue weighted by Gasteiger charge is 1.95. The Morgan fingerprint density at radius 2 is 2.30 bits per heavy atom. The summed E-state index contributed by atoms with van der Waals surface area (Å²) in [7, 11) is 1.92. The molecule has 10 heavy (non-hydrogen) atoms. The first-order valence-corrected chi connectivity index (χ1v) is 4.12. The topological polar surface area (TPSA) is 24.9 Å². The highest BCUT2D eigenvalue weighted by Crippen LogP contribution is 2.14. The van der Waals surface area contributed by atoms with Gasteiger partial charge in [0.15, 0.2) is 0 Å². The third-order valence-electron chi connectivity index (χ3n) is 1.34. The first-order valence-electron chi connectivity index (χ1n) is 3.04. The summed E-state index contributed by atoms with van der Waals surface area (Å²) >= 11 is 2.19. The van der Waals surface area contributed by atoms with E-state index in [1.54, 1.807) is 0 Å². The van der Waals surface area contributed by atoms with Gasteiger partial charge in [0, 0.05) is 18.9 Å². The summed E-state index contributed by atoms with van der Waals surface area (Å²) in [4.78, 5) is 4.13. The van der Waals surface area contributed by atoms with Crippen LogP contribution in [0.4, 0.5) is 5.69 Å². The van der Waals surface area contributed by atoms with E-state index < -0.39 is 0 Å². The van der Waals surface area contributed by atoms with Crippen LogP contribution in [0.3, 0.4) is 0 Å². The van der Waals surface area contributed by atoms with E-state index in [0.29, 0.717) is 0 Å². The maximum Gasteiger partial charge on any atom is 0.103 e. The fourth-order valence-electron chi connectivity index (χ4n) is 0.768. The van der Waals surface area contributed by atoms with Crippen molar-refractivity contribution in [3.63, 3.8) is 0 Å². The van der Waals surface area contributed by atoms with Gasteiger partial charge in [0.1, 0.15) is 3.70 Å². The van der Waals surface area contributed by atoms with Crippen molar-refractivity contribution in [2.45, 2.75) is 6.92 Å². The van der Waals surface area contributed by atoms with Crippen LogP contribution in [0.2, 0.25) is 0 Å². The van der Waals surface area contributed by atoms with E-state index in [4.69, 9.17) is 0 Å². The molecule has 0 aliphatic carbocycles. The van der Waals surface area contributed by atoms with Gasteiger partial charge in [0.2, 0.25) is 0 Å². The number of pyridine rings is 1. The normalized spacial score (nSPS) is 9.50. The van der Waals surface area contributed by atoms with E-state index in [-0.39, 0.29) is 0 Å². The molecule has 1 N–H and O–H groups in total. The number of hydrogen-bond donors (Lipinski definition) is 1. The minimum Gasteiger partial charge on any atom is -0.388 e. The lowest BCUT2D eigenvalue weighted by molar-refractivity contribution is 1.22. The van der Waals surface area contributed by atoms with E-state index in [1.165, 1.54) is 5.56 Å². The molecule has 0 fully saturated rings. The molecule has 0 radical (unpaired) electrons. The summed E-state index contributed by atoms with van der Waals surface area (Å²) in [6.45, 7) is 2.04. The quantitative estimate of drug-likeness (QED) is 0.607. The Labute approximate surface area is 74.2 Å². The van der Waals surface area contributed by atoms with Crippen LogP contribution in [0, 0.1) is 10.6 Å². The van der Waals surface area contributed by atoms with Crippen LogP contribution in [0.5, 0.6) is 0 Å². The number of hydrogen-bond acceptors (Lipinski definition) is 2. The first kappa shape index (κ1) is 7.78. The maximum atomic E-state index is 4.13. The molecular weight excluding hydrogens is 239 g/mol. The second kappa shape index (κ2) is 3.18. The molecule has 0 bridgehead atoms. The van der Waals surface area contributed by atoms with Crippen LogP contribution in [0.1, 0.15) is 5.56 Å². The summed E-state index contributed by atoms with van der Waals surface area (Å²) in [5, 5.41) is 3.09. The summed E-state index contributed by atoms with van der Waals surface area (Å²) in [6, 6.07) is 2.02. The van der Waals surface area contributed by atoms with Crippen molar-refractivity contribution in [1.29, 1.82) is 0 Å². The summed E-state index contributed by atoms with van der Waals surface area (Å²) < 4.78 is 1.02.